The molecule has 1 unspecified atom stereocenters. The van der Waals surface area contributed by atoms with Crippen LogP contribution >= 0.6 is 35.3 Å². The first-order valence-corrected chi connectivity index (χ1v) is 7.99. The molecule has 0 aliphatic carbocycles. The number of aromatic amines is 1. The second-order valence-corrected chi connectivity index (χ2v) is 7.36. The fourth-order valence-corrected chi connectivity index (χ4v) is 4.34. The average molecular weight is 288 g/mol. The SMILES string of the molecule is Cc1[nH]c(=S)sc1CC(=O)NCC1CCCS1. The molecule has 1 aliphatic heterocycles. The van der Waals surface area contributed by atoms with Crippen molar-refractivity contribution in [3.63, 3.8) is 0 Å². The molecule has 2 N–H and O–H groups in total. The molecular formula is C11H16N2OS3. The second kappa shape index (κ2) is 6.02. The van der Waals surface area contributed by atoms with Crippen molar-refractivity contribution in [2.24, 2.45) is 0 Å². The molecule has 6 heteroatoms. The van der Waals surface area contributed by atoms with Gasteiger partial charge in [0.1, 0.15) is 0 Å². The summed E-state index contributed by atoms with van der Waals surface area (Å²) in [6, 6.07) is 0. The Hall–Kier alpha value is -0.330. The summed E-state index contributed by atoms with van der Waals surface area (Å²) in [4.78, 5) is 15.9. The van der Waals surface area contributed by atoms with E-state index in [1.165, 1.54) is 29.9 Å². The van der Waals surface area contributed by atoms with Crippen molar-refractivity contribution in [2.75, 3.05) is 12.3 Å². The van der Waals surface area contributed by atoms with Crippen LogP contribution in [0.1, 0.15) is 23.4 Å². The number of carbonyl (C=O) groups excluding carboxylic acids is 1. The predicted molar refractivity (Wildman–Crippen MR) is 76.4 cm³/mol. The lowest BCUT2D eigenvalue weighted by Gasteiger charge is -2.09. The number of thioether (sulfide) groups is 1. The van der Waals surface area contributed by atoms with Gasteiger partial charge >= 0.3 is 0 Å². The Bertz CT molecular complexity index is 446. The topological polar surface area (TPSA) is 44.9 Å². The van der Waals surface area contributed by atoms with E-state index in [0.717, 1.165) is 21.1 Å². The largest absolute Gasteiger partial charge is 0.355 e. The van der Waals surface area contributed by atoms with E-state index >= 15 is 0 Å². The number of thiazole rings is 1. The molecule has 3 nitrogen and oxygen atoms in total. The summed E-state index contributed by atoms with van der Waals surface area (Å²) in [6.45, 7) is 2.76. The average Bonchev–Trinajstić information content (AvgIpc) is 2.87. The minimum absolute atomic E-state index is 0.103. The molecule has 0 saturated carbocycles. The molecule has 1 saturated heterocycles. The van der Waals surface area contributed by atoms with Crippen molar-refractivity contribution in [3.8, 4) is 0 Å². The molecule has 17 heavy (non-hydrogen) atoms. The van der Waals surface area contributed by atoms with E-state index in [2.05, 4.69) is 10.3 Å². The number of hydrogen-bond acceptors (Lipinski definition) is 4. The van der Waals surface area contributed by atoms with Crippen molar-refractivity contribution in [2.45, 2.75) is 31.4 Å². The molecular weight excluding hydrogens is 272 g/mol. The molecule has 1 fully saturated rings. The normalized spacial score (nSPS) is 19.5. The van der Waals surface area contributed by atoms with E-state index in [1.807, 2.05) is 18.7 Å². The summed E-state index contributed by atoms with van der Waals surface area (Å²) in [5, 5.41) is 3.62. The monoisotopic (exact) mass is 288 g/mol. The molecule has 1 aromatic heterocycles. The van der Waals surface area contributed by atoms with Gasteiger partial charge in [-0.05, 0) is 37.7 Å². The van der Waals surface area contributed by atoms with Gasteiger partial charge in [0.15, 0.2) is 3.95 Å². The van der Waals surface area contributed by atoms with Gasteiger partial charge in [-0.2, -0.15) is 11.8 Å². The lowest BCUT2D eigenvalue weighted by Crippen LogP contribution is -2.30. The lowest BCUT2D eigenvalue weighted by atomic mass is 10.2. The third-order valence-electron chi connectivity index (χ3n) is 2.80. The van der Waals surface area contributed by atoms with Crippen molar-refractivity contribution < 1.29 is 4.79 Å². The van der Waals surface area contributed by atoms with Gasteiger partial charge in [0.25, 0.3) is 0 Å². The lowest BCUT2D eigenvalue weighted by molar-refractivity contribution is -0.120. The summed E-state index contributed by atoms with van der Waals surface area (Å²) in [7, 11) is 0. The fourth-order valence-electron chi connectivity index (χ4n) is 1.85. The molecule has 0 radical (unpaired) electrons. The van der Waals surface area contributed by atoms with Crippen LogP contribution in [-0.2, 0) is 11.2 Å². The van der Waals surface area contributed by atoms with Gasteiger partial charge in [-0.15, -0.1) is 11.3 Å². The van der Waals surface area contributed by atoms with Crippen LogP contribution in [0.2, 0.25) is 0 Å². The number of hydrogen-bond donors (Lipinski definition) is 2. The van der Waals surface area contributed by atoms with Gasteiger partial charge < -0.3 is 10.3 Å². The maximum atomic E-state index is 11.8. The maximum Gasteiger partial charge on any atom is 0.225 e. The van der Waals surface area contributed by atoms with Gasteiger partial charge in [-0.3, -0.25) is 4.79 Å². The number of aromatic nitrogens is 1. The van der Waals surface area contributed by atoms with Crippen molar-refractivity contribution in [1.29, 1.82) is 0 Å². The zero-order valence-corrected chi connectivity index (χ0v) is 12.2. The van der Waals surface area contributed by atoms with Gasteiger partial charge in [0, 0.05) is 22.4 Å². The van der Waals surface area contributed by atoms with Crippen LogP contribution in [0, 0.1) is 10.9 Å². The Balaban J connectivity index is 1.80. The Morgan fingerprint density at radius 3 is 3.06 bits per heavy atom. The highest BCUT2D eigenvalue weighted by atomic mass is 32.2. The van der Waals surface area contributed by atoms with Crippen LogP contribution in [-0.4, -0.2) is 28.4 Å². The highest BCUT2D eigenvalue weighted by molar-refractivity contribution is 8.00. The second-order valence-electron chi connectivity index (χ2n) is 4.18. The molecule has 1 aliphatic rings. The number of aryl methyl sites for hydroxylation is 1. The Morgan fingerprint density at radius 2 is 2.47 bits per heavy atom. The van der Waals surface area contributed by atoms with Gasteiger partial charge in [-0.1, -0.05) is 0 Å². The van der Waals surface area contributed by atoms with Gasteiger partial charge in [-0.25, -0.2) is 0 Å². The first-order valence-electron chi connectivity index (χ1n) is 5.72. The quantitative estimate of drug-likeness (QED) is 0.837. The van der Waals surface area contributed by atoms with Crippen LogP contribution in [0.25, 0.3) is 0 Å². The van der Waals surface area contributed by atoms with E-state index in [-0.39, 0.29) is 5.91 Å². The summed E-state index contributed by atoms with van der Waals surface area (Å²) in [5.41, 5.74) is 1.02. The number of nitrogens with one attached hydrogen (secondary N) is 2. The molecule has 2 rings (SSSR count). The summed E-state index contributed by atoms with van der Waals surface area (Å²) in [6.07, 6.45) is 2.96. The number of rotatable bonds is 4. The third kappa shape index (κ3) is 3.82. The first-order chi connectivity index (χ1) is 8.15. The van der Waals surface area contributed by atoms with Crippen molar-refractivity contribution in [1.82, 2.24) is 10.3 Å². The fraction of sp³-hybridized carbons (Fsp3) is 0.636. The third-order valence-corrected chi connectivity index (χ3v) is 5.53. The summed E-state index contributed by atoms with van der Waals surface area (Å²) < 4.78 is 0.747. The molecule has 94 valence electrons. The molecule has 1 aromatic rings. The van der Waals surface area contributed by atoms with Crippen LogP contribution in [0.15, 0.2) is 0 Å². The van der Waals surface area contributed by atoms with E-state index in [9.17, 15) is 4.79 Å². The molecule has 2 heterocycles. The first kappa shape index (κ1) is 13.1. The van der Waals surface area contributed by atoms with Crippen molar-refractivity contribution in [3.05, 3.63) is 14.5 Å². The van der Waals surface area contributed by atoms with E-state index in [4.69, 9.17) is 12.2 Å². The zero-order chi connectivity index (χ0) is 12.3. The Morgan fingerprint density at radius 1 is 1.65 bits per heavy atom. The molecule has 1 amide bonds. The Kier molecular flexibility index (Phi) is 4.64. The van der Waals surface area contributed by atoms with Crippen molar-refractivity contribution >= 4 is 41.2 Å². The Labute approximate surface area is 114 Å². The number of carbonyl (C=O) groups is 1. The standard InChI is InChI=1S/C11H16N2OS3/c1-7-9(17-11(15)13-7)5-10(14)12-6-8-3-2-4-16-8/h8H,2-6H2,1H3,(H,12,14)(H,13,15). The molecule has 0 aromatic carbocycles. The number of H-pyrrole nitrogens is 1. The van der Waals surface area contributed by atoms with Crippen LogP contribution in [0.4, 0.5) is 0 Å². The van der Waals surface area contributed by atoms with Crippen LogP contribution < -0.4 is 5.32 Å². The highest BCUT2D eigenvalue weighted by Gasteiger charge is 2.16. The minimum atomic E-state index is 0.103. The summed E-state index contributed by atoms with van der Waals surface area (Å²) in [5.74, 6) is 1.34. The molecule has 0 spiro atoms. The van der Waals surface area contributed by atoms with Crippen LogP contribution in [0.5, 0.6) is 0 Å². The maximum absolute atomic E-state index is 11.8. The molecule has 1 atom stereocenters. The van der Waals surface area contributed by atoms with Gasteiger partial charge in [0.2, 0.25) is 5.91 Å². The van der Waals surface area contributed by atoms with Gasteiger partial charge in [0.05, 0.1) is 6.42 Å². The summed E-state index contributed by atoms with van der Waals surface area (Å²) >= 11 is 8.51. The smallest absolute Gasteiger partial charge is 0.225 e. The van der Waals surface area contributed by atoms with Crippen LogP contribution in [0.3, 0.4) is 0 Å². The highest BCUT2D eigenvalue weighted by Crippen LogP contribution is 2.25. The van der Waals surface area contributed by atoms with E-state index in [0.29, 0.717) is 11.7 Å². The zero-order valence-electron chi connectivity index (χ0n) is 9.75. The molecule has 0 bridgehead atoms. The van der Waals surface area contributed by atoms with E-state index in [1.54, 1.807) is 0 Å². The minimum Gasteiger partial charge on any atom is -0.355 e. The number of amides is 1. The van der Waals surface area contributed by atoms with E-state index < -0.39 is 0 Å². The predicted octanol–water partition coefficient (Wildman–Crippen LogP) is 2.67.